The summed E-state index contributed by atoms with van der Waals surface area (Å²) in [6.07, 6.45) is 0.971. The molecule has 0 unspecified atom stereocenters. The van der Waals surface area contributed by atoms with Gasteiger partial charge in [-0.15, -0.1) is 0 Å². The van der Waals surface area contributed by atoms with Crippen molar-refractivity contribution in [2.45, 2.75) is 27.2 Å². The number of carbonyl (C=O) groups is 2. The third kappa shape index (κ3) is 5.44. The first kappa shape index (κ1) is 18.1. The van der Waals surface area contributed by atoms with Gasteiger partial charge >= 0.3 is 6.03 Å². The van der Waals surface area contributed by atoms with Crippen LogP contribution in [0.1, 0.15) is 27.2 Å². The smallest absolute Gasteiger partial charge is 0.319 e. The predicted octanol–water partition coefficient (Wildman–Crippen LogP) is 2.52. The summed E-state index contributed by atoms with van der Waals surface area (Å²) in [4.78, 5) is 27.3. The van der Waals surface area contributed by atoms with E-state index in [1.807, 2.05) is 29.2 Å². The van der Waals surface area contributed by atoms with E-state index in [1.54, 1.807) is 6.92 Å². The number of piperazine rings is 1. The quantitative estimate of drug-likeness (QED) is 0.871. The van der Waals surface area contributed by atoms with Gasteiger partial charge < -0.3 is 20.4 Å². The molecular formula is C18H28N4O2. The van der Waals surface area contributed by atoms with E-state index < -0.39 is 0 Å². The Morgan fingerprint density at radius 2 is 1.71 bits per heavy atom. The molecule has 0 atom stereocenters. The van der Waals surface area contributed by atoms with E-state index in [-0.39, 0.29) is 11.9 Å². The Kier molecular flexibility index (Phi) is 6.46. The Hall–Kier alpha value is -2.24. The first-order valence-corrected chi connectivity index (χ1v) is 8.61. The van der Waals surface area contributed by atoms with Crippen LogP contribution in [0, 0.1) is 5.92 Å². The third-order valence-electron chi connectivity index (χ3n) is 4.22. The van der Waals surface area contributed by atoms with Crippen LogP contribution >= 0.6 is 0 Å². The molecule has 24 heavy (non-hydrogen) atoms. The number of urea groups is 1. The van der Waals surface area contributed by atoms with Crippen molar-refractivity contribution in [3.8, 4) is 0 Å². The maximum absolute atomic E-state index is 11.8. The molecule has 1 aliphatic rings. The first-order chi connectivity index (χ1) is 11.5. The highest BCUT2D eigenvalue weighted by Gasteiger charge is 2.18. The maximum Gasteiger partial charge on any atom is 0.319 e. The number of hydrogen-bond acceptors (Lipinski definition) is 3. The van der Waals surface area contributed by atoms with E-state index in [9.17, 15) is 9.59 Å². The summed E-state index contributed by atoms with van der Waals surface area (Å²) < 4.78 is 0. The van der Waals surface area contributed by atoms with Crippen LogP contribution in [0.4, 0.5) is 16.2 Å². The summed E-state index contributed by atoms with van der Waals surface area (Å²) in [6, 6.07) is 7.67. The zero-order valence-corrected chi connectivity index (χ0v) is 14.8. The molecule has 2 N–H and O–H groups in total. The molecule has 1 fully saturated rings. The fourth-order valence-electron chi connectivity index (χ4n) is 2.68. The van der Waals surface area contributed by atoms with Gasteiger partial charge in [0.1, 0.15) is 0 Å². The van der Waals surface area contributed by atoms with Gasteiger partial charge in [0.15, 0.2) is 0 Å². The van der Waals surface area contributed by atoms with E-state index in [4.69, 9.17) is 0 Å². The summed E-state index contributed by atoms with van der Waals surface area (Å²) in [5, 5.41) is 5.70. The maximum atomic E-state index is 11.8. The van der Waals surface area contributed by atoms with Crippen molar-refractivity contribution in [3.63, 3.8) is 0 Å². The first-order valence-electron chi connectivity index (χ1n) is 8.61. The van der Waals surface area contributed by atoms with Gasteiger partial charge in [-0.1, -0.05) is 13.8 Å². The van der Waals surface area contributed by atoms with Crippen molar-refractivity contribution in [1.82, 2.24) is 10.2 Å². The minimum atomic E-state index is -0.168. The zero-order chi connectivity index (χ0) is 17.5. The van der Waals surface area contributed by atoms with Crippen molar-refractivity contribution < 1.29 is 9.59 Å². The van der Waals surface area contributed by atoms with E-state index in [0.29, 0.717) is 12.5 Å². The van der Waals surface area contributed by atoms with E-state index in [0.717, 1.165) is 44.0 Å². The molecular weight excluding hydrogens is 304 g/mol. The number of nitrogens with zero attached hydrogens (tertiary/aromatic N) is 2. The van der Waals surface area contributed by atoms with Crippen molar-refractivity contribution in [2.24, 2.45) is 5.92 Å². The highest BCUT2D eigenvalue weighted by molar-refractivity contribution is 5.89. The number of hydrogen-bond donors (Lipinski definition) is 2. The van der Waals surface area contributed by atoms with Gasteiger partial charge in [0.2, 0.25) is 5.91 Å². The standard InChI is InChI=1S/C18H28N4O2/c1-14(2)8-9-19-18(24)20-16-4-6-17(7-5-16)22-12-10-21(11-13-22)15(3)23/h4-7,14H,8-13H2,1-3H3,(H2,19,20,24). The van der Waals surface area contributed by atoms with Crippen molar-refractivity contribution >= 4 is 23.3 Å². The number of carbonyl (C=O) groups excluding carboxylic acids is 2. The number of amides is 3. The lowest BCUT2D eigenvalue weighted by atomic mass is 10.1. The van der Waals surface area contributed by atoms with Crippen LogP contribution in [-0.4, -0.2) is 49.6 Å². The lowest BCUT2D eigenvalue weighted by molar-refractivity contribution is -0.129. The van der Waals surface area contributed by atoms with Gasteiger partial charge in [-0.3, -0.25) is 4.79 Å². The molecule has 132 valence electrons. The number of rotatable bonds is 5. The highest BCUT2D eigenvalue weighted by Crippen LogP contribution is 2.19. The molecule has 6 nitrogen and oxygen atoms in total. The van der Waals surface area contributed by atoms with Crippen molar-refractivity contribution in [1.29, 1.82) is 0 Å². The Morgan fingerprint density at radius 1 is 1.08 bits per heavy atom. The molecule has 0 aromatic heterocycles. The summed E-state index contributed by atoms with van der Waals surface area (Å²) in [5.74, 6) is 0.714. The van der Waals surface area contributed by atoms with E-state index >= 15 is 0 Å². The molecule has 2 rings (SSSR count). The molecule has 0 aliphatic carbocycles. The molecule has 0 saturated carbocycles. The van der Waals surface area contributed by atoms with Gasteiger partial charge in [-0.05, 0) is 36.6 Å². The van der Waals surface area contributed by atoms with Crippen LogP contribution in [0.25, 0.3) is 0 Å². The summed E-state index contributed by atoms with van der Waals surface area (Å²) in [6.45, 7) is 9.75. The second-order valence-electron chi connectivity index (χ2n) is 6.60. The Labute approximate surface area is 144 Å². The molecule has 1 aromatic rings. The monoisotopic (exact) mass is 332 g/mol. The molecule has 0 spiro atoms. The second kappa shape index (κ2) is 8.57. The molecule has 1 aromatic carbocycles. The summed E-state index contributed by atoms with van der Waals surface area (Å²) in [5.41, 5.74) is 1.90. The van der Waals surface area contributed by atoms with E-state index in [1.165, 1.54) is 0 Å². The minimum Gasteiger partial charge on any atom is -0.368 e. The topological polar surface area (TPSA) is 64.7 Å². The van der Waals surface area contributed by atoms with Gasteiger partial charge in [0, 0.05) is 51.0 Å². The fourth-order valence-corrected chi connectivity index (χ4v) is 2.68. The fraction of sp³-hybridized carbons (Fsp3) is 0.556. The van der Waals surface area contributed by atoms with Gasteiger partial charge in [0.25, 0.3) is 0 Å². The predicted molar refractivity (Wildman–Crippen MR) is 97.4 cm³/mol. The lowest BCUT2D eigenvalue weighted by Gasteiger charge is -2.35. The minimum absolute atomic E-state index is 0.137. The number of benzene rings is 1. The van der Waals surface area contributed by atoms with Crippen LogP contribution in [0.15, 0.2) is 24.3 Å². The van der Waals surface area contributed by atoms with Crippen LogP contribution in [0.3, 0.4) is 0 Å². The average molecular weight is 332 g/mol. The lowest BCUT2D eigenvalue weighted by Crippen LogP contribution is -2.48. The van der Waals surface area contributed by atoms with Crippen LogP contribution in [-0.2, 0) is 4.79 Å². The Bertz CT molecular complexity index is 549. The normalized spacial score (nSPS) is 14.7. The summed E-state index contributed by atoms with van der Waals surface area (Å²) in [7, 11) is 0. The number of nitrogens with one attached hydrogen (secondary N) is 2. The van der Waals surface area contributed by atoms with Crippen molar-refractivity contribution in [3.05, 3.63) is 24.3 Å². The average Bonchev–Trinajstić information content (AvgIpc) is 2.55. The van der Waals surface area contributed by atoms with Crippen LogP contribution < -0.4 is 15.5 Å². The Balaban J connectivity index is 1.80. The SMILES string of the molecule is CC(=O)N1CCN(c2ccc(NC(=O)NCCC(C)C)cc2)CC1. The summed E-state index contributed by atoms with van der Waals surface area (Å²) >= 11 is 0. The van der Waals surface area contributed by atoms with Crippen LogP contribution in [0.5, 0.6) is 0 Å². The molecule has 1 saturated heterocycles. The molecule has 1 aliphatic heterocycles. The third-order valence-corrected chi connectivity index (χ3v) is 4.22. The van der Waals surface area contributed by atoms with Gasteiger partial charge in [-0.2, -0.15) is 0 Å². The highest BCUT2D eigenvalue weighted by atomic mass is 16.2. The second-order valence-corrected chi connectivity index (χ2v) is 6.60. The Morgan fingerprint density at radius 3 is 2.25 bits per heavy atom. The van der Waals surface area contributed by atoms with Crippen molar-refractivity contribution in [2.75, 3.05) is 42.9 Å². The number of anilines is 2. The van der Waals surface area contributed by atoms with E-state index in [2.05, 4.69) is 29.4 Å². The zero-order valence-electron chi connectivity index (χ0n) is 14.8. The molecule has 0 bridgehead atoms. The van der Waals surface area contributed by atoms with Gasteiger partial charge in [-0.25, -0.2) is 4.79 Å². The molecule has 6 heteroatoms. The van der Waals surface area contributed by atoms with Gasteiger partial charge in [0.05, 0.1) is 0 Å². The molecule has 3 amide bonds. The molecule has 0 radical (unpaired) electrons. The largest absolute Gasteiger partial charge is 0.368 e. The van der Waals surface area contributed by atoms with Crippen LogP contribution in [0.2, 0.25) is 0 Å². The molecule has 1 heterocycles.